The smallest absolute Gasteiger partial charge is 0.0824 e. The summed E-state index contributed by atoms with van der Waals surface area (Å²) < 4.78 is 0. The summed E-state index contributed by atoms with van der Waals surface area (Å²) in [5.41, 5.74) is 2.31. The molecule has 1 rings (SSSR count). The molecule has 0 aliphatic rings. The average molecular weight is 190 g/mol. The number of aliphatic hydroxyl groups is 1. The average Bonchev–Trinajstić information content (AvgIpc) is 2.20. The summed E-state index contributed by atoms with van der Waals surface area (Å²) >= 11 is 0. The fourth-order valence-corrected chi connectivity index (χ4v) is 1.49. The minimum absolute atomic E-state index is 0.400. The van der Waals surface area contributed by atoms with Crippen LogP contribution in [-0.4, -0.2) is 5.11 Å². The van der Waals surface area contributed by atoms with Gasteiger partial charge in [0, 0.05) is 0 Å². The molecule has 0 fully saturated rings. The summed E-state index contributed by atoms with van der Waals surface area (Å²) in [6.07, 6.45) is 4.23. The second kappa shape index (κ2) is 5.61. The fourth-order valence-electron chi connectivity index (χ4n) is 1.49. The van der Waals surface area contributed by atoms with Gasteiger partial charge in [-0.2, -0.15) is 0 Å². The van der Waals surface area contributed by atoms with Gasteiger partial charge in [-0.05, 0) is 24.0 Å². The topological polar surface area (TPSA) is 20.2 Å². The van der Waals surface area contributed by atoms with E-state index < -0.39 is 6.10 Å². The highest BCUT2D eigenvalue weighted by Crippen LogP contribution is 2.17. The summed E-state index contributed by atoms with van der Waals surface area (Å²) in [4.78, 5) is 0. The van der Waals surface area contributed by atoms with E-state index in [0.717, 1.165) is 18.4 Å². The number of aryl methyl sites for hydroxylation is 1. The van der Waals surface area contributed by atoms with Gasteiger partial charge in [0.15, 0.2) is 0 Å². The van der Waals surface area contributed by atoms with E-state index in [4.69, 9.17) is 0 Å². The molecule has 1 atom stereocenters. The Morgan fingerprint density at radius 2 is 2.00 bits per heavy atom. The number of hydrogen-bond donors (Lipinski definition) is 1. The van der Waals surface area contributed by atoms with E-state index in [1.807, 2.05) is 12.1 Å². The van der Waals surface area contributed by atoms with E-state index in [1.54, 1.807) is 6.08 Å². The summed E-state index contributed by atoms with van der Waals surface area (Å²) in [5, 5.41) is 9.67. The first-order chi connectivity index (χ1) is 6.77. The lowest BCUT2D eigenvalue weighted by atomic mass is 10.0. The molecule has 0 amide bonds. The maximum Gasteiger partial charge on any atom is 0.0824 e. The molecule has 1 aromatic carbocycles. The SMILES string of the molecule is C=CC[C@@H](O)c1ccc(CCC)cc1. The van der Waals surface area contributed by atoms with E-state index in [9.17, 15) is 5.11 Å². The molecular formula is C13H18O. The van der Waals surface area contributed by atoms with Crippen LogP contribution in [0.4, 0.5) is 0 Å². The van der Waals surface area contributed by atoms with Gasteiger partial charge in [0.05, 0.1) is 6.10 Å². The van der Waals surface area contributed by atoms with Gasteiger partial charge in [0.1, 0.15) is 0 Å². The molecule has 0 unspecified atom stereocenters. The molecule has 0 saturated carbocycles. The van der Waals surface area contributed by atoms with Crippen molar-refractivity contribution < 1.29 is 5.11 Å². The van der Waals surface area contributed by atoms with Crippen molar-refractivity contribution in [3.05, 3.63) is 48.0 Å². The van der Waals surface area contributed by atoms with Crippen LogP contribution in [0, 0.1) is 0 Å². The molecule has 0 radical (unpaired) electrons. The molecule has 0 aliphatic heterocycles. The number of aliphatic hydroxyl groups excluding tert-OH is 1. The van der Waals surface area contributed by atoms with Crippen LogP contribution >= 0.6 is 0 Å². The summed E-state index contributed by atoms with van der Waals surface area (Å²) in [5.74, 6) is 0. The predicted octanol–water partition coefficient (Wildman–Crippen LogP) is 3.25. The minimum atomic E-state index is -0.400. The number of rotatable bonds is 5. The van der Waals surface area contributed by atoms with Crippen molar-refractivity contribution >= 4 is 0 Å². The molecule has 1 heteroatoms. The Hall–Kier alpha value is -1.08. The Labute approximate surface area is 86.1 Å². The molecule has 0 spiro atoms. The molecule has 0 bridgehead atoms. The van der Waals surface area contributed by atoms with Crippen LogP contribution in [-0.2, 0) is 6.42 Å². The van der Waals surface area contributed by atoms with E-state index in [2.05, 4.69) is 25.6 Å². The monoisotopic (exact) mass is 190 g/mol. The quantitative estimate of drug-likeness (QED) is 0.707. The van der Waals surface area contributed by atoms with Crippen molar-refractivity contribution in [2.24, 2.45) is 0 Å². The highest BCUT2D eigenvalue weighted by Gasteiger charge is 2.04. The molecule has 0 saturated heterocycles. The van der Waals surface area contributed by atoms with Crippen LogP contribution in [0.1, 0.15) is 37.0 Å². The third kappa shape index (κ3) is 3.00. The van der Waals surface area contributed by atoms with Gasteiger partial charge < -0.3 is 5.11 Å². The summed E-state index contributed by atoms with van der Waals surface area (Å²) in [6.45, 7) is 5.78. The van der Waals surface area contributed by atoms with Crippen molar-refractivity contribution in [2.45, 2.75) is 32.3 Å². The summed E-state index contributed by atoms with van der Waals surface area (Å²) in [7, 11) is 0. The van der Waals surface area contributed by atoms with Crippen LogP contribution in [0.25, 0.3) is 0 Å². The highest BCUT2D eigenvalue weighted by molar-refractivity contribution is 5.24. The first kappa shape index (κ1) is 11.0. The van der Waals surface area contributed by atoms with Crippen molar-refractivity contribution in [3.63, 3.8) is 0 Å². The lowest BCUT2D eigenvalue weighted by molar-refractivity contribution is 0.181. The summed E-state index contributed by atoms with van der Waals surface area (Å²) in [6, 6.07) is 8.18. The second-order valence-electron chi connectivity index (χ2n) is 3.53. The molecule has 0 heterocycles. The van der Waals surface area contributed by atoms with Crippen LogP contribution < -0.4 is 0 Å². The normalized spacial score (nSPS) is 12.4. The first-order valence-corrected chi connectivity index (χ1v) is 5.15. The maximum atomic E-state index is 9.67. The van der Waals surface area contributed by atoms with Crippen molar-refractivity contribution in [3.8, 4) is 0 Å². The van der Waals surface area contributed by atoms with Crippen molar-refractivity contribution in [2.75, 3.05) is 0 Å². The zero-order chi connectivity index (χ0) is 10.4. The molecule has 0 aliphatic carbocycles. The van der Waals surface area contributed by atoms with Gasteiger partial charge in [0.2, 0.25) is 0 Å². The highest BCUT2D eigenvalue weighted by atomic mass is 16.3. The third-order valence-electron chi connectivity index (χ3n) is 2.29. The Kier molecular flexibility index (Phi) is 4.41. The van der Waals surface area contributed by atoms with Gasteiger partial charge in [0.25, 0.3) is 0 Å². The Balaban J connectivity index is 2.67. The van der Waals surface area contributed by atoms with E-state index in [0.29, 0.717) is 6.42 Å². The predicted molar refractivity (Wildman–Crippen MR) is 60.2 cm³/mol. The Morgan fingerprint density at radius 1 is 1.36 bits per heavy atom. The molecule has 1 aromatic rings. The lowest BCUT2D eigenvalue weighted by Crippen LogP contribution is -1.95. The third-order valence-corrected chi connectivity index (χ3v) is 2.29. The van der Waals surface area contributed by atoms with Crippen molar-refractivity contribution in [1.82, 2.24) is 0 Å². The van der Waals surface area contributed by atoms with Gasteiger partial charge >= 0.3 is 0 Å². The van der Waals surface area contributed by atoms with Crippen LogP contribution in [0.2, 0.25) is 0 Å². The molecule has 1 N–H and O–H groups in total. The molecular weight excluding hydrogens is 172 g/mol. The number of benzene rings is 1. The van der Waals surface area contributed by atoms with Gasteiger partial charge in [-0.3, -0.25) is 0 Å². The van der Waals surface area contributed by atoms with Crippen LogP contribution in [0.5, 0.6) is 0 Å². The van der Waals surface area contributed by atoms with Crippen LogP contribution in [0.3, 0.4) is 0 Å². The standard InChI is InChI=1S/C13H18O/c1-3-5-11-7-9-12(10-8-11)13(14)6-4-2/h4,7-10,13-14H,2-3,5-6H2,1H3/t13-/m1/s1. The Morgan fingerprint density at radius 3 is 2.50 bits per heavy atom. The zero-order valence-electron chi connectivity index (χ0n) is 8.74. The van der Waals surface area contributed by atoms with E-state index in [1.165, 1.54) is 5.56 Å². The molecule has 76 valence electrons. The lowest BCUT2D eigenvalue weighted by Gasteiger charge is -2.08. The molecule has 0 aromatic heterocycles. The van der Waals surface area contributed by atoms with Crippen molar-refractivity contribution in [1.29, 1.82) is 0 Å². The van der Waals surface area contributed by atoms with E-state index in [-0.39, 0.29) is 0 Å². The first-order valence-electron chi connectivity index (χ1n) is 5.15. The van der Waals surface area contributed by atoms with Gasteiger partial charge in [-0.1, -0.05) is 43.7 Å². The molecule has 1 nitrogen and oxygen atoms in total. The minimum Gasteiger partial charge on any atom is -0.388 e. The zero-order valence-corrected chi connectivity index (χ0v) is 8.74. The second-order valence-corrected chi connectivity index (χ2v) is 3.53. The molecule has 14 heavy (non-hydrogen) atoms. The van der Waals surface area contributed by atoms with Crippen LogP contribution in [0.15, 0.2) is 36.9 Å². The van der Waals surface area contributed by atoms with Gasteiger partial charge in [-0.25, -0.2) is 0 Å². The number of hydrogen-bond acceptors (Lipinski definition) is 1. The van der Waals surface area contributed by atoms with E-state index >= 15 is 0 Å². The fraction of sp³-hybridized carbons (Fsp3) is 0.385. The van der Waals surface area contributed by atoms with Gasteiger partial charge in [-0.15, -0.1) is 6.58 Å². The largest absolute Gasteiger partial charge is 0.388 e. The maximum absolute atomic E-state index is 9.67. The Bertz CT molecular complexity index is 274.